The quantitative estimate of drug-likeness (QED) is 0.0163. The lowest BCUT2D eigenvalue weighted by Crippen LogP contribution is -2.66. The van der Waals surface area contributed by atoms with Gasteiger partial charge in [-0.2, -0.15) is 0 Å². The highest BCUT2D eigenvalue weighted by Gasteiger charge is 2.49. The maximum atomic E-state index is 15.7. The van der Waals surface area contributed by atoms with E-state index < -0.39 is 240 Å². The molecule has 0 aliphatic carbocycles. The molecule has 19 N–H and O–H groups in total. The molecule has 1 aromatic rings. The Bertz CT molecular complexity index is 3510. The molecule has 3 aliphatic heterocycles. The molecule has 4 rings (SSSR count). The van der Waals surface area contributed by atoms with Crippen molar-refractivity contribution in [2.75, 3.05) is 47.5 Å². The van der Waals surface area contributed by atoms with Gasteiger partial charge in [0.1, 0.15) is 96.4 Å². The maximum Gasteiger partial charge on any atom is 0.329 e. The molecule has 110 heavy (non-hydrogen) atoms. The summed E-state index contributed by atoms with van der Waals surface area (Å²) in [6, 6.07) is -10.5. The summed E-state index contributed by atoms with van der Waals surface area (Å²) in [6.45, 7) is 16.0. The minimum absolute atomic E-state index is 0.000863. The van der Waals surface area contributed by atoms with Crippen molar-refractivity contribution in [2.45, 2.75) is 230 Å². The average molecular weight is 1580 g/mol. The van der Waals surface area contributed by atoms with Gasteiger partial charge in [-0.25, -0.2) is 4.79 Å². The van der Waals surface area contributed by atoms with Crippen LogP contribution in [0.5, 0.6) is 5.75 Å². The Hall–Kier alpha value is -8.76. The second-order valence-corrected chi connectivity index (χ2v) is 29.1. The van der Waals surface area contributed by atoms with Crippen molar-refractivity contribution in [3.63, 3.8) is 0 Å². The fourth-order valence-corrected chi connectivity index (χ4v) is 12.4. The van der Waals surface area contributed by atoms with Crippen molar-refractivity contribution in [3.8, 4) is 5.75 Å². The number of benzene rings is 1. The van der Waals surface area contributed by atoms with Crippen LogP contribution in [0.1, 0.15) is 121 Å². The largest absolute Gasteiger partial charge is 0.462 e. The molecule has 3 heterocycles. The number of nitrogens with zero attached hydrogens (tertiary/aromatic N) is 2. The zero-order valence-corrected chi connectivity index (χ0v) is 65.6. The molecular formula is C72H112ClN13O24. The van der Waals surface area contributed by atoms with Crippen LogP contribution in [0.2, 0.25) is 0 Å². The summed E-state index contributed by atoms with van der Waals surface area (Å²) < 4.78 is 28.9. The summed E-state index contributed by atoms with van der Waals surface area (Å²) in [7, 11) is 3.45. The number of amides is 12. The number of primary amides is 1. The molecule has 38 heteroatoms. The van der Waals surface area contributed by atoms with Crippen molar-refractivity contribution in [1.29, 1.82) is 0 Å². The smallest absolute Gasteiger partial charge is 0.329 e. The molecule has 616 valence electrons. The number of rotatable bonds is 28. The number of piperidine rings is 1. The third-order valence-electron chi connectivity index (χ3n) is 19.4. The van der Waals surface area contributed by atoms with Crippen LogP contribution in [0.4, 0.5) is 0 Å². The molecule has 3 fully saturated rings. The van der Waals surface area contributed by atoms with Gasteiger partial charge in [0.05, 0.1) is 31.9 Å². The lowest BCUT2D eigenvalue weighted by atomic mass is 9.87. The molecule has 1 aromatic carbocycles. The first-order valence-corrected chi connectivity index (χ1v) is 36.6. The van der Waals surface area contributed by atoms with Gasteiger partial charge in [0.15, 0.2) is 5.60 Å². The van der Waals surface area contributed by atoms with Gasteiger partial charge in [0.2, 0.25) is 65.4 Å². The first-order chi connectivity index (χ1) is 51.4. The number of cyclic esters (lactones) is 1. The Morgan fingerprint density at radius 2 is 1.49 bits per heavy atom. The number of aliphatic hydroxyl groups is 6. The van der Waals surface area contributed by atoms with Gasteiger partial charge in [-0.1, -0.05) is 90.0 Å². The first kappa shape index (κ1) is 93.6. The normalized spacial score (nSPS) is 27.8. The third kappa shape index (κ3) is 25.4. The number of allylic oxidation sites excluding steroid dienone is 4. The second kappa shape index (κ2) is 42.6. The van der Waals surface area contributed by atoms with Crippen LogP contribution in [0, 0.1) is 23.7 Å². The van der Waals surface area contributed by atoms with Gasteiger partial charge >= 0.3 is 5.97 Å². The van der Waals surface area contributed by atoms with Gasteiger partial charge in [0.25, 0.3) is 11.8 Å². The summed E-state index contributed by atoms with van der Waals surface area (Å²) in [5.74, 6) is -18.2. The first-order valence-electron chi connectivity index (χ1n) is 36.1. The van der Waals surface area contributed by atoms with E-state index in [1.807, 2.05) is 19.9 Å². The number of nitrogens with one attached hydrogen (secondary N) is 9. The number of carbonyl (C=O) groups excluding carboxylic acids is 13. The Morgan fingerprint density at radius 3 is 2.05 bits per heavy atom. The molecular weight excluding hydrogens is 1470 g/mol. The maximum absolute atomic E-state index is 15.7. The Morgan fingerprint density at radius 1 is 0.855 bits per heavy atom. The fraction of sp³-hybridized carbons (Fsp3) is 0.653. The highest BCUT2D eigenvalue weighted by atomic mass is 35.5. The molecule has 0 spiro atoms. The van der Waals surface area contributed by atoms with Gasteiger partial charge in [-0.15, -0.1) is 11.6 Å². The molecule has 0 radical (unpaired) electrons. The number of esters is 1. The number of carbonyl (C=O) groups is 13. The van der Waals surface area contributed by atoms with Crippen LogP contribution < -0.4 is 64.1 Å². The van der Waals surface area contributed by atoms with Crippen LogP contribution in [-0.2, 0) is 81.3 Å². The van der Waals surface area contributed by atoms with Gasteiger partial charge in [0, 0.05) is 45.1 Å². The van der Waals surface area contributed by atoms with Gasteiger partial charge in [-0.05, 0) is 96.8 Å². The second-order valence-electron chi connectivity index (χ2n) is 28.5. The van der Waals surface area contributed by atoms with Crippen LogP contribution >= 0.6 is 11.6 Å². The number of nitrogens with two attached hydrogens (primary N) is 2. The number of methoxy groups -OCH3 is 2. The Labute approximate surface area is 643 Å². The number of halogens is 1. The van der Waals surface area contributed by atoms with E-state index in [1.54, 1.807) is 6.92 Å². The molecule has 3 unspecified atom stereocenters. The van der Waals surface area contributed by atoms with Crippen molar-refractivity contribution in [1.82, 2.24) is 57.7 Å². The number of hydrogen-bond donors (Lipinski definition) is 17. The molecule has 3 aliphatic rings. The van der Waals surface area contributed by atoms with E-state index in [-0.39, 0.29) is 36.6 Å². The van der Waals surface area contributed by atoms with Crippen LogP contribution in [0.15, 0.2) is 59.8 Å². The zero-order valence-electron chi connectivity index (χ0n) is 64.8. The van der Waals surface area contributed by atoms with Gasteiger partial charge < -0.3 is 123 Å². The number of fused-ring (bicyclic) bond motifs is 1. The lowest BCUT2D eigenvalue weighted by Gasteiger charge is -2.41. The number of alkyl halides is 1. The standard InChI is InChI=1S/C72H112ClN13O24/c1-17-33(5)27-34(6)19-24-47(88)72(13,105)71(104)77-30-49(90)79-44(18-2)62(96)82-51(37(9)74)64(98)81-50(35(7)36(8)60(75)94)63(97)83-52-58(32(3)4)110-69(103)46-28-42(73)25-26-86(46)68(102)53(59(107-16)41-20-22-43(23-21-41)109-70-57(93)56(92)55(91)40(12)108-70)84-66(100)54(39(11)87)85(14)67(101)38(10)78-48(89)29-76-61(95)45(31-106-15)80-65(52)99/h18-24,27,32-33,35-40,42,45-47,50-59,70,87-88,91-93,105H,17,25-26,28-31,74H2,1-16H3,(H2,75,94)(H,76,95)(H,77,104)(H,78,89)(H,79,90)(H,80,99)(H,81,98)(H,82,96)(H,83,97)(H,84,100)/b24-19?,34-27?,44-18-/t33?,35-,36+,37-,38-,39+,40-,42-,45+,46-,47?,50-,51-,52+,53+,54-,55-,56+,57+,58+,59+,70-,72?/m0/s1. The number of aliphatic hydroxyl groups excluding tert-OH is 5. The molecule has 23 atom stereocenters. The van der Waals surface area contributed by atoms with Crippen LogP contribution in [-0.4, -0.2) is 279 Å². The lowest BCUT2D eigenvalue weighted by molar-refractivity contribution is -0.268. The molecule has 12 amide bonds. The van der Waals surface area contributed by atoms with E-state index >= 15 is 19.2 Å². The zero-order chi connectivity index (χ0) is 83.3. The summed E-state index contributed by atoms with van der Waals surface area (Å²) in [5.41, 5.74) is 10.0. The highest BCUT2D eigenvalue weighted by Crippen LogP contribution is 2.32. The van der Waals surface area contributed by atoms with Crippen LogP contribution in [0.3, 0.4) is 0 Å². The molecule has 37 nitrogen and oxygen atoms in total. The topological polar surface area (TPSA) is 556 Å². The van der Waals surface area contributed by atoms with Gasteiger partial charge in [-0.3, -0.25) is 57.5 Å². The minimum Gasteiger partial charge on any atom is -0.462 e. The third-order valence-corrected chi connectivity index (χ3v) is 19.7. The summed E-state index contributed by atoms with van der Waals surface area (Å²) >= 11 is 6.82. The molecule has 0 bridgehead atoms. The monoisotopic (exact) mass is 1580 g/mol. The summed E-state index contributed by atoms with van der Waals surface area (Å²) in [6.07, 6.45) is -7.90. The highest BCUT2D eigenvalue weighted by molar-refractivity contribution is 6.21. The Balaban J connectivity index is 1.83. The Kier molecular flexibility index (Phi) is 36.3. The molecule has 3 saturated heterocycles. The SMILES string of the molecule is C/C=C(\NC(=O)CNC(=O)C(C)(O)C(O)C=CC(C)=CC(C)CC)C(=O)N[C@H](C(=O)N[C@H](C(=O)N[C@H]1C(=O)N[C@H](COC)C(=O)NCC(=O)N[C@@H](C)C(=O)N(C)[C@@H]([C@@H](C)O)C(=O)N[C@H]([C@H](OC)c2ccc(O[C@@H]3O[C@@H](C)[C@H](O)[C@@H](O)[C@H]3O)cc2)C(=O)N2CC[C@H](Cl)C[C@H]2C(=O)O[C@@H]1C(C)C)[C@@H](C)[C@@H](C)C(N)=O)[C@H](C)N. The average Bonchev–Trinajstić information content (AvgIpc) is 0.787. The number of likely N-dealkylation sites (N-methyl/N-ethyl adjacent to an activating group) is 1. The predicted molar refractivity (Wildman–Crippen MR) is 394 cm³/mol. The van der Waals surface area contributed by atoms with E-state index in [2.05, 4.69) is 47.9 Å². The van der Waals surface area contributed by atoms with Crippen LogP contribution in [0.25, 0.3) is 0 Å². The van der Waals surface area contributed by atoms with E-state index in [0.717, 1.165) is 49.0 Å². The number of ether oxygens (including phenoxy) is 5. The van der Waals surface area contributed by atoms with Crippen molar-refractivity contribution >= 4 is 88.5 Å². The molecule has 0 saturated carbocycles. The van der Waals surface area contributed by atoms with E-state index in [1.165, 1.54) is 106 Å². The van der Waals surface area contributed by atoms with Crippen molar-refractivity contribution in [2.24, 2.45) is 35.1 Å². The minimum atomic E-state index is -2.44. The van der Waals surface area contributed by atoms with E-state index in [9.17, 15) is 73.8 Å². The van der Waals surface area contributed by atoms with E-state index in [4.69, 9.17) is 46.8 Å². The van der Waals surface area contributed by atoms with Crippen molar-refractivity contribution in [3.05, 3.63) is 65.4 Å². The van der Waals surface area contributed by atoms with E-state index in [0.29, 0.717) is 0 Å². The molecule has 0 aromatic heterocycles. The summed E-state index contributed by atoms with van der Waals surface area (Å²) in [5, 5.41) is 85.1. The number of hydrogen-bond acceptors (Lipinski definition) is 25. The van der Waals surface area contributed by atoms with Crippen molar-refractivity contribution < 1.29 is 117 Å². The predicted octanol–water partition coefficient (Wildman–Crippen LogP) is -4.44. The summed E-state index contributed by atoms with van der Waals surface area (Å²) in [4.78, 5) is 188. The fourth-order valence-electron chi connectivity index (χ4n) is 12.2.